The van der Waals surface area contributed by atoms with E-state index >= 15 is 0 Å². The largest absolute Gasteiger partial charge is 2.00 e. The SMILES string of the molecule is CCC(C)(CC)OOC(=O)CC(=O)O.[H-].[H-].[Mg+2]. The molecule has 0 bridgehead atoms. The van der Waals surface area contributed by atoms with Gasteiger partial charge in [0.05, 0.1) is 0 Å². The summed E-state index contributed by atoms with van der Waals surface area (Å²) in [6.07, 6.45) is 0.692. The third kappa shape index (κ3) is 7.58. The van der Waals surface area contributed by atoms with Crippen LogP contribution in [-0.4, -0.2) is 45.7 Å². The summed E-state index contributed by atoms with van der Waals surface area (Å²) < 4.78 is 0. The van der Waals surface area contributed by atoms with Crippen LogP contribution in [0.4, 0.5) is 0 Å². The van der Waals surface area contributed by atoms with E-state index in [1.165, 1.54) is 0 Å². The van der Waals surface area contributed by atoms with E-state index in [2.05, 4.69) is 4.89 Å². The Balaban J connectivity index is -0.000000282. The van der Waals surface area contributed by atoms with Crippen LogP contribution in [0, 0.1) is 0 Å². The van der Waals surface area contributed by atoms with Crippen LogP contribution >= 0.6 is 0 Å². The maximum Gasteiger partial charge on any atom is 2.00 e. The fourth-order valence-electron chi connectivity index (χ4n) is 0.668. The minimum Gasteiger partial charge on any atom is -1.00 e. The molecule has 0 aliphatic heterocycles. The zero-order valence-electron chi connectivity index (χ0n) is 11.4. The van der Waals surface area contributed by atoms with Gasteiger partial charge in [-0.05, 0) is 19.8 Å². The van der Waals surface area contributed by atoms with E-state index in [1.807, 2.05) is 13.8 Å². The van der Waals surface area contributed by atoms with E-state index < -0.39 is 24.0 Å². The van der Waals surface area contributed by atoms with Crippen molar-refractivity contribution in [1.29, 1.82) is 0 Å². The van der Waals surface area contributed by atoms with Gasteiger partial charge >= 0.3 is 35.0 Å². The fourth-order valence-corrected chi connectivity index (χ4v) is 0.668. The van der Waals surface area contributed by atoms with Gasteiger partial charge in [0.2, 0.25) is 0 Å². The molecule has 0 spiro atoms. The van der Waals surface area contributed by atoms with Crippen molar-refractivity contribution < 1.29 is 27.3 Å². The summed E-state index contributed by atoms with van der Waals surface area (Å²) in [6, 6.07) is 0. The molecule has 0 heterocycles. The molecule has 0 amide bonds. The molecule has 0 aromatic heterocycles. The van der Waals surface area contributed by atoms with Gasteiger partial charge in [0.1, 0.15) is 12.0 Å². The molecular weight excluding hydrogens is 212 g/mol. The van der Waals surface area contributed by atoms with Gasteiger partial charge in [-0.1, -0.05) is 13.8 Å². The first kappa shape index (κ1) is 17.1. The second-order valence-corrected chi connectivity index (χ2v) is 3.27. The third-order valence-corrected chi connectivity index (χ3v) is 2.13. The Kier molecular flexibility index (Phi) is 8.98. The molecule has 0 rings (SSSR count). The monoisotopic (exact) mass is 230 g/mol. The Labute approximate surface area is 108 Å². The number of carboxylic acids is 1. The van der Waals surface area contributed by atoms with Gasteiger partial charge < -0.3 is 7.96 Å². The van der Waals surface area contributed by atoms with Crippen molar-refractivity contribution in [2.45, 2.75) is 45.6 Å². The predicted octanol–water partition coefficient (Wildman–Crippen LogP) is 1.36. The Morgan fingerprint density at radius 2 is 1.80 bits per heavy atom. The molecule has 0 saturated heterocycles. The number of aliphatic carboxylic acids is 1. The van der Waals surface area contributed by atoms with Gasteiger partial charge in [-0.2, -0.15) is 4.89 Å². The van der Waals surface area contributed by atoms with Crippen LogP contribution in [-0.2, 0) is 19.4 Å². The maximum atomic E-state index is 10.8. The Bertz CT molecular complexity index is 221. The standard InChI is InChI=1S/C9H16O5.Mg.2H/c1-4-9(3,5-2)14-13-8(12)6-7(10)11;;;/h4-6H2,1-3H3,(H,10,11);;;/q;+2;2*-1. The molecule has 0 aliphatic rings. The number of carbonyl (C=O) groups excluding carboxylic acids is 1. The molecular formula is C9H18MgO5. The summed E-state index contributed by atoms with van der Waals surface area (Å²) in [4.78, 5) is 30.2. The normalized spacial score (nSPS) is 10.3. The topological polar surface area (TPSA) is 72.8 Å². The van der Waals surface area contributed by atoms with Crippen molar-refractivity contribution in [1.82, 2.24) is 0 Å². The molecule has 86 valence electrons. The Morgan fingerprint density at radius 3 is 2.13 bits per heavy atom. The van der Waals surface area contributed by atoms with Crippen LogP contribution in [0.1, 0.15) is 42.9 Å². The van der Waals surface area contributed by atoms with Crippen molar-refractivity contribution >= 4 is 35.0 Å². The molecule has 0 aliphatic carbocycles. The van der Waals surface area contributed by atoms with E-state index in [1.54, 1.807) is 6.92 Å². The van der Waals surface area contributed by atoms with Gasteiger partial charge in [0.25, 0.3) is 0 Å². The predicted molar refractivity (Wildman–Crippen MR) is 56.4 cm³/mol. The van der Waals surface area contributed by atoms with E-state index in [0.29, 0.717) is 12.8 Å². The number of rotatable bonds is 6. The maximum absolute atomic E-state index is 10.8. The molecule has 0 saturated carbocycles. The van der Waals surface area contributed by atoms with Crippen molar-refractivity contribution in [3.05, 3.63) is 0 Å². The van der Waals surface area contributed by atoms with Gasteiger partial charge in [-0.15, -0.1) is 0 Å². The van der Waals surface area contributed by atoms with Crippen molar-refractivity contribution in [2.75, 3.05) is 0 Å². The van der Waals surface area contributed by atoms with E-state index in [4.69, 9.17) is 9.99 Å². The van der Waals surface area contributed by atoms with Gasteiger partial charge in [-0.3, -0.25) is 9.68 Å². The average molecular weight is 231 g/mol. The quantitative estimate of drug-likeness (QED) is 0.323. The summed E-state index contributed by atoms with van der Waals surface area (Å²) in [5, 5.41) is 8.27. The molecule has 0 atom stereocenters. The average Bonchev–Trinajstić information content (AvgIpc) is 2.13. The zero-order chi connectivity index (χ0) is 11.2. The fraction of sp³-hybridized carbons (Fsp3) is 0.778. The number of hydrogen-bond acceptors (Lipinski definition) is 4. The molecule has 1 N–H and O–H groups in total. The second kappa shape index (κ2) is 7.89. The number of hydrogen-bond donors (Lipinski definition) is 1. The van der Waals surface area contributed by atoms with Crippen LogP contribution < -0.4 is 0 Å². The Hall–Kier alpha value is -0.334. The molecule has 5 nitrogen and oxygen atoms in total. The molecule has 0 unspecified atom stereocenters. The molecule has 15 heavy (non-hydrogen) atoms. The van der Waals surface area contributed by atoms with Crippen molar-refractivity contribution in [3.63, 3.8) is 0 Å². The van der Waals surface area contributed by atoms with Gasteiger partial charge in [0, 0.05) is 0 Å². The van der Waals surface area contributed by atoms with Crippen LogP contribution in [0.5, 0.6) is 0 Å². The second-order valence-electron chi connectivity index (χ2n) is 3.27. The summed E-state index contributed by atoms with van der Waals surface area (Å²) >= 11 is 0. The van der Waals surface area contributed by atoms with Crippen LogP contribution in [0.15, 0.2) is 0 Å². The van der Waals surface area contributed by atoms with E-state index in [0.717, 1.165) is 0 Å². The molecule has 0 fully saturated rings. The first-order valence-electron chi connectivity index (χ1n) is 4.54. The van der Waals surface area contributed by atoms with Crippen molar-refractivity contribution in [3.8, 4) is 0 Å². The smallest absolute Gasteiger partial charge is 1.00 e. The number of carbonyl (C=O) groups is 2. The summed E-state index contributed by atoms with van der Waals surface area (Å²) in [5.41, 5.74) is -0.534. The molecule has 0 aromatic rings. The number of carboxylic acid groups (broad SMARTS) is 1. The van der Waals surface area contributed by atoms with Crippen LogP contribution in [0.25, 0.3) is 0 Å². The van der Waals surface area contributed by atoms with Gasteiger partial charge in [-0.25, -0.2) is 4.79 Å². The Morgan fingerprint density at radius 1 is 1.33 bits per heavy atom. The minimum atomic E-state index is -1.23. The molecule has 0 radical (unpaired) electrons. The van der Waals surface area contributed by atoms with E-state index in [-0.39, 0.29) is 25.9 Å². The van der Waals surface area contributed by atoms with Crippen LogP contribution in [0.3, 0.4) is 0 Å². The first-order chi connectivity index (χ1) is 6.43. The first-order valence-corrected chi connectivity index (χ1v) is 4.54. The summed E-state index contributed by atoms with van der Waals surface area (Å²) in [6.45, 7) is 5.59. The molecule has 6 heteroatoms. The van der Waals surface area contributed by atoms with E-state index in [9.17, 15) is 9.59 Å². The van der Waals surface area contributed by atoms with Gasteiger partial charge in [0.15, 0.2) is 0 Å². The molecule has 0 aromatic carbocycles. The summed E-state index contributed by atoms with van der Waals surface area (Å²) in [7, 11) is 0. The van der Waals surface area contributed by atoms with Crippen molar-refractivity contribution in [2.24, 2.45) is 0 Å². The minimum absolute atomic E-state index is 0. The summed E-state index contributed by atoms with van der Waals surface area (Å²) in [5.74, 6) is -2.11. The zero-order valence-corrected chi connectivity index (χ0v) is 10.8. The van der Waals surface area contributed by atoms with Crippen LogP contribution in [0.2, 0.25) is 0 Å². The third-order valence-electron chi connectivity index (χ3n) is 2.13.